The zero-order chi connectivity index (χ0) is 17.1. The number of halogens is 4. The van der Waals surface area contributed by atoms with Crippen molar-refractivity contribution in [2.75, 3.05) is 19.6 Å². The highest BCUT2D eigenvalue weighted by molar-refractivity contribution is 7.89. The SMILES string of the molecule is Cl.N#Cc1cc(S(=O)(=O)NCC2CCCNC2)ccc1C(F)(F)F. The van der Waals surface area contributed by atoms with E-state index in [1.807, 2.05) is 0 Å². The van der Waals surface area contributed by atoms with E-state index in [9.17, 15) is 21.6 Å². The molecule has 24 heavy (non-hydrogen) atoms. The number of benzene rings is 1. The summed E-state index contributed by atoms with van der Waals surface area (Å²) in [4.78, 5) is -0.342. The van der Waals surface area contributed by atoms with Gasteiger partial charge in [0.2, 0.25) is 10.0 Å². The van der Waals surface area contributed by atoms with Crippen LogP contribution in [0.4, 0.5) is 13.2 Å². The normalized spacial score (nSPS) is 18.5. The van der Waals surface area contributed by atoms with Crippen LogP contribution in [0.5, 0.6) is 0 Å². The number of hydrogen-bond acceptors (Lipinski definition) is 4. The maximum Gasteiger partial charge on any atom is 0.417 e. The molecule has 1 aliphatic heterocycles. The molecule has 10 heteroatoms. The first kappa shape index (κ1) is 20.7. The fourth-order valence-electron chi connectivity index (χ4n) is 2.44. The second-order valence-electron chi connectivity index (χ2n) is 5.38. The second-order valence-corrected chi connectivity index (χ2v) is 7.15. The molecule has 0 aromatic heterocycles. The summed E-state index contributed by atoms with van der Waals surface area (Å²) in [5.41, 5.74) is -1.85. The lowest BCUT2D eigenvalue weighted by Gasteiger charge is -2.22. The molecule has 1 aromatic carbocycles. The van der Waals surface area contributed by atoms with Crippen LogP contribution in [-0.4, -0.2) is 28.1 Å². The Bertz CT molecular complexity index is 711. The van der Waals surface area contributed by atoms with Crippen molar-refractivity contribution in [3.8, 4) is 6.07 Å². The number of alkyl halides is 3. The molecule has 1 fully saturated rings. The average Bonchev–Trinajstić information content (AvgIpc) is 2.52. The molecule has 5 nitrogen and oxygen atoms in total. The van der Waals surface area contributed by atoms with Crippen LogP contribution in [0.15, 0.2) is 23.1 Å². The fraction of sp³-hybridized carbons (Fsp3) is 0.500. The van der Waals surface area contributed by atoms with Gasteiger partial charge in [-0.25, -0.2) is 13.1 Å². The Labute approximate surface area is 144 Å². The van der Waals surface area contributed by atoms with Crippen molar-refractivity contribution in [2.24, 2.45) is 5.92 Å². The Balaban J connectivity index is 0.00000288. The van der Waals surface area contributed by atoms with Crippen molar-refractivity contribution in [3.63, 3.8) is 0 Å². The van der Waals surface area contributed by atoms with Gasteiger partial charge in [-0.3, -0.25) is 0 Å². The van der Waals surface area contributed by atoms with Gasteiger partial charge in [0, 0.05) is 6.54 Å². The van der Waals surface area contributed by atoms with Crippen molar-refractivity contribution in [1.82, 2.24) is 10.0 Å². The molecule has 1 heterocycles. The highest BCUT2D eigenvalue weighted by Crippen LogP contribution is 2.32. The Morgan fingerprint density at radius 3 is 2.62 bits per heavy atom. The molecule has 134 valence electrons. The summed E-state index contributed by atoms with van der Waals surface area (Å²) < 4.78 is 65.0. The van der Waals surface area contributed by atoms with Crippen molar-refractivity contribution >= 4 is 22.4 Å². The van der Waals surface area contributed by atoms with Gasteiger partial charge in [-0.1, -0.05) is 0 Å². The fourth-order valence-corrected chi connectivity index (χ4v) is 3.58. The smallest absolute Gasteiger partial charge is 0.316 e. The number of rotatable bonds is 4. The monoisotopic (exact) mass is 383 g/mol. The molecule has 0 radical (unpaired) electrons. The van der Waals surface area contributed by atoms with Gasteiger partial charge in [0.05, 0.1) is 22.1 Å². The first-order valence-electron chi connectivity index (χ1n) is 7.06. The van der Waals surface area contributed by atoms with E-state index < -0.39 is 27.3 Å². The second kappa shape index (κ2) is 8.16. The maximum absolute atomic E-state index is 12.7. The number of nitriles is 1. The van der Waals surface area contributed by atoms with Crippen molar-refractivity contribution < 1.29 is 21.6 Å². The van der Waals surface area contributed by atoms with Gasteiger partial charge in [-0.05, 0) is 50.0 Å². The quantitative estimate of drug-likeness (QED) is 0.835. The third-order valence-corrected chi connectivity index (χ3v) is 5.11. The minimum absolute atomic E-state index is 0. The summed E-state index contributed by atoms with van der Waals surface area (Å²) in [6.07, 6.45) is -2.87. The summed E-state index contributed by atoms with van der Waals surface area (Å²) in [7, 11) is -3.95. The van der Waals surface area contributed by atoms with Gasteiger partial charge < -0.3 is 5.32 Å². The van der Waals surface area contributed by atoms with Crippen molar-refractivity contribution in [2.45, 2.75) is 23.9 Å². The van der Waals surface area contributed by atoms with Crippen LogP contribution < -0.4 is 10.0 Å². The van der Waals surface area contributed by atoms with E-state index >= 15 is 0 Å². The Morgan fingerprint density at radius 1 is 1.38 bits per heavy atom. The zero-order valence-corrected chi connectivity index (χ0v) is 14.2. The van der Waals surface area contributed by atoms with Crippen molar-refractivity contribution in [1.29, 1.82) is 5.26 Å². The molecule has 0 aliphatic carbocycles. The van der Waals surface area contributed by atoms with E-state index in [1.54, 1.807) is 0 Å². The molecule has 1 unspecified atom stereocenters. The van der Waals surface area contributed by atoms with Gasteiger partial charge in [-0.2, -0.15) is 18.4 Å². The molecular formula is C14H17ClF3N3O2S. The van der Waals surface area contributed by atoms with E-state index in [-0.39, 0.29) is 29.8 Å². The summed E-state index contributed by atoms with van der Waals surface area (Å²) in [5, 5.41) is 12.0. The molecule has 1 saturated heterocycles. The van der Waals surface area contributed by atoms with Crippen LogP contribution in [0.1, 0.15) is 24.0 Å². The first-order chi connectivity index (χ1) is 10.7. The first-order valence-corrected chi connectivity index (χ1v) is 8.54. The number of sulfonamides is 1. The predicted molar refractivity (Wildman–Crippen MR) is 84.2 cm³/mol. The lowest BCUT2D eigenvalue weighted by Crippen LogP contribution is -2.38. The van der Waals surface area contributed by atoms with Crippen molar-refractivity contribution in [3.05, 3.63) is 29.3 Å². The van der Waals surface area contributed by atoms with Gasteiger partial charge in [0.15, 0.2) is 0 Å². The molecule has 0 bridgehead atoms. The zero-order valence-electron chi connectivity index (χ0n) is 12.6. The standard InChI is InChI=1S/C14H16F3N3O2S.ClH/c15-14(16,17)13-4-3-12(6-11(13)7-18)23(21,22)20-9-10-2-1-5-19-8-10;/h3-4,6,10,19-20H,1-2,5,8-9H2;1H. The summed E-state index contributed by atoms with van der Waals surface area (Å²) in [6, 6.07) is 3.64. The van der Waals surface area contributed by atoms with Crippen LogP contribution in [-0.2, 0) is 16.2 Å². The predicted octanol–water partition coefficient (Wildman–Crippen LogP) is 2.28. The Hall–Kier alpha value is -1.34. The summed E-state index contributed by atoms with van der Waals surface area (Å²) in [5.74, 6) is 0.142. The van der Waals surface area contributed by atoms with Gasteiger partial charge in [-0.15, -0.1) is 12.4 Å². The van der Waals surface area contributed by atoms with Crippen LogP contribution in [0, 0.1) is 17.2 Å². The highest BCUT2D eigenvalue weighted by Gasteiger charge is 2.34. The maximum atomic E-state index is 12.7. The molecule has 0 amide bonds. The van der Waals surface area contributed by atoms with Crippen LogP contribution in [0.2, 0.25) is 0 Å². The van der Waals surface area contributed by atoms with E-state index in [0.29, 0.717) is 12.6 Å². The molecular weight excluding hydrogens is 367 g/mol. The van der Waals surface area contributed by atoms with E-state index in [0.717, 1.165) is 31.5 Å². The summed E-state index contributed by atoms with van der Waals surface area (Å²) in [6.45, 7) is 1.80. The topological polar surface area (TPSA) is 82.0 Å². The van der Waals surface area contributed by atoms with Gasteiger partial charge in [0.1, 0.15) is 0 Å². The highest BCUT2D eigenvalue weighted by atomic mass is 35.5. The molecule has 0 saturated carbocycles. The molecule has 1 aliphatic rings. The largest absolute Gasteiger partial charge is 0.417 e. The molecule has 2 N–H and O–H groups in total. The van der Waals surface area contributed by atoms with Crippen LogP contribution in [0.3, 0.4) is 0 Å². The van der Waals surface area contributed by atoms with Crippen LogP contribution in [0.25, 0.3) is 0 Å². The van der Waals surface area contributed by atoms with E-state index in [1.165, 1.54) is 6.07 Å². The Kier molecular flexibility index (Phi) is 7.04. The average molecular weight is 384 g/mol. The lowest BCUT2D eigenvalue weighted by molar-refractivity contribution is -0.137. The number of piperidine rings is 1. The summed E-state index contributed by atoms with van der Waals surface area (Å²) >= 11 is 0. The van der Waals surface area contributed by atoms with Crippen LogP contribution >= 0.6 is 12.4 Å². The molecule has 1 aromatic rings. The third kappa shape index (κ3) is 5.08. The van der Waals surface area contributed by atoms with E-state index in [4.69, 9.17) is 5.26 Å². The lowest BCUT2D eigenvalue weighted by atomic mass is 10.0. The van der Waals surface area contributed by atoms with E-state index in [2.05, 4.69) is 10.0 Å². The van der Waals surface area contributed by atoms with Gasteiger partial charge >= 0.3 is 6.18 Å². The number of hydrogen-bond donors (Lipinski definition) is 2. The molecule has 0 spiro atoms. The number of nitrogens with zero attached hydrogens (tertiary/aromatic N) is 1. The third-order valence-electron chi connectivity index (χ3n) is 3.69. The number of nitrogens with one attached hydrogen (secondary N) is 2. The minimum Gasteiger partial charge on any atom is -0.316 e. The van der Waals surface area contributed by atoms with Gasteiger partial charge in [0.25, 0.3) is 0 Å². The molecule has 1 atom stereocenters. The molecule has 2 rings (SSSR count). The minimum atomic E-state index is -4.70. The Morgan fingerprint density at radius 2 is 2.08 bits per heavy atom.